The minimum atomic E-state index is -0.477. The molecule has 9 heteroatoms. The van der Waals surface area contributed by atoms with Crippen LogP contribution in [0.5, 0.6) is 23.0 Å². The van der Waals surface area contributed by atoms with Crippen molar-refractivity contribution in [2.45, 2.75) is 19.8 Å². The molecule has 0 amide bonds. The summed E-state index contributed by atoms with van der Waals surface area (Å²) in [6, 6.07) is 9.15. The summed E-state index contributed by atoms with van der Waals surface area (Å²) >= 11 is 0. The van der Waals surface area contributed by atoms with Gasteiger partial charge in [-0.2, -0.15) is 0 Å². The van der Waals surface area contributed by atoms with Gasteiger partial charge in [0.1, 0.15) is 5.82 Å². The number of rotatable bonds is 11. The van der Waals surface area contributed by atoms with E-state index in [1.54, 1.807) is 53.7 Å². The summed E-state index contributed by atoms with van der Waals surface area (Å²) in [6.45, 7) is 2.00. The van der Waals surface area contributed by atoms with Gasteiger partial charge in [0.2, 0.25) is 0 Å². The fourth-order valence-electron chi connectivity index (χ4n) is 4.48. The zero-order chi connectivity index (χ0) is 27.9. The normalized spacial score (nSPS) is 11.1. The molecule has 4 rings (SSSR count). The van der Waals surface area contributed by atoms with E-state index in [9.17, 15) is 4.79 Å². The number of carbonyl (C=O) groups is 1. The zero-order valence-electron chi connectivity index (χ0n) is 23.1. The molecule has 0 unspecified atom stereocenters. The number of fused-ring (bicyclic) bond motifs is 1. The van der Waals surface area contributed by atoms with Gasteiger partial charge >= 0.3 is 5.97 Å². The second kappa shape index (κ2) is 12.3. The molecule has 2 aromatic carbocycles. The van der Waals surface area contributed by atoms with Crippen LogP contribution in [0.3, 0.4) is 0 Å². The van der Waals surface area contributed by atoms with Crippen molar-refractivity contribution in [3.63, 3.8) is 0 Å². The Hall–Kier alpha value is -4.53. The molecule has 0 saturated heterocycles. The summed E-state index contributed by atoms with van der Waals surface area (Å²) in [5.41, 5.74) is 2.84. The number of allylic oxidation sites excluding steroid dienone is 1. The largest absolute Gasteiger partial charge is 0.493 e. The molecule has 204 valence electrons. The van der Waals surface area contributed by atoms with Crippen LogP contribution in [-0.4, -0.2) is 55.6 Å². The number of esters is 1. The quantitative estimate of drug-likeness (QED) is 0.235. The molecule has 0 atom stereocenters. The number of aryl methyl sites for hydroxylation is 2. The number of nitrogens with zero attached hydrogens (tertiary/aromatic N) is 3. The summed E-state index contributed by atoms with van der Waals surface area (Å²) in [7, 11) is 8.26. The Bertz CT molecular complexity index is 1510. The van der Waals surface area contributed by atoms with Gasteiger partial charge in [0.25, 0.3) is 0 Å². The highest BCUT2D eigenvalue weighted by Crippen LogP contribution is 2.42. The van der Waals surface area contributed by atoms with Crippen molar-refractivity contribution in [2.24, 2.45) is 7.05 Å². The van der Waals surface area contributed by atoms with E-state index in [1.807, 2.05) is 48.2 Å². The van der Waals surface area contributed by atoms with Gasteiger partial charge in [-0.15, -0.1) is 0 Å². The highest BCUT2D eigenvalue weighted by molar-refractivity contribution is 6.10. The van der Waals surface area contributed by atoms with Gasteiger partial charge < -0.3 is 28.3 Å². The van der Waals surface area contributed by atoms with E-state index in [0.29, 0.717) is 57.1 Å². The molecule has 0 radical (unpaired) electrons. The minimum Gasteiger partial charge on any atom is -0.493 e. The minimum absolute atomic E-state index is 0.219. The van der Waals surface area contributed by atoms with Crippen molar-refractivity contribution in [3.8, 4) is 34.1 Å². The molecule has 9 nitrogen and oxygen atoms in total. The molecule has 2 aromatic heterocycles. The first-order chi connectivity index (χ1) is 18.9. The monoisotopic (exact) mass is 531 g/mol. The predicted molar refractivity (Wildman–Crippen MR) is 150 cm³/mol. The Labute approximate surface area is 228 Å². The molecular formula is C30H33N3O6. The van der Waals surface area contributed by atoms with Crippen LogP contribution in [0, 0.1) is 0 Å². The lowest BCUT2D eigenvalue weighted by Gasteiger charge is -2.18. The Kier molecular flexibility index (Phi) is 8.70. The summed E-state index contributed by atoms with van der Waals surface area (Å²) < 4.78 is 29.7. The number of aromatic nitrogens is 3. The average molecular weight is 532 g/mol. The number of imidazole rings is 1. The van der Waals surface area contributed by atoms with Crippen LogP contribution in [0.2, 0.25) is 0 Å². The third-order valence-electron chi connectivity index (χ3n) is 6.40. The Balaban J connectivity index is 1.97. The van der Waals surface area contributed by atoms with E-state index in [1.165, 1.54) is 0 Å². The molecule has 0 spiro atoms. The fourth-order valence-corrected chi connectivity index (χ4v) is 4.48. The van der Waals surface area contributed by atoms with E-state index < -0.39 is 5.97 Å². The standard InChI is InChI=1S/C30H33N3O6/c1-7-39-30(34)29-21(10-8-9-11-27-31-14-15-33(27)2)32-22-18-26(38-6)25(37-5)17-20(22)28(29)19-12-13-23(35-3)24(16-19)36-4/h8,10,12-18H,7,9,11H2,1-6H3/b10-8+. The van der Waals surface area contributed by atoms with E-state index >= 15 is 0 Å². The molecule has 0 aliphatic rings. The Morgan fingerprint density at radius 2 is 1.64 bits per heavy atom. The lowest BCUT2D eigenvalue weighted by molar-refractivity contribution is 0.0526. The molecule has 0 aliphatic carbocycles. The van der Waals surface area contributed by atoms with E-state index in [-0.39, 0.29) is 6.61 Å². The van der Waals surface area contributed by atoms with Crippen molar-refractivity contribution >= 4 is 22.9 Å². The number of methoxy groups -OCH3 is 4. The molecule has 4 aromatic rings. The number of benzene rings is 2. The first-order valence-corrected chi connectivity index (χ1v) is 12.6. The number of carbonyl (C=O) groups excluding carboxylic acids is 1. The second-order valence-corrected chi connectivity index (χ2v) is 8.66. The first-order valence-electron chi connectivity index (χ1n) is 12.6. The highest BCUT2D eigenvalue weighted by atomic mass is 16.5. The fraction of sp³-hybridized carbons (Fsp3) is 0.300. The van der Waals surface area contributed by atoms with Crippen molar-refractivity contribution in [1.82, 2.24) is 14.5 Å². The van der Waals surface area contributed by atoms with Crippen LogP contribution in [-0.2, 0) is 18.2 Å². The third kappa shape index (κ3) is 5.67. The molecule has 0 aliphatic heterocycles. The molecular weight excluding hydrogens is 498 g/mol. The summed E-state index contributed by atoms with van der Waals surface area (Å²) in [4.78, 5) is 22.8. The van der Waals surface area contributed by atoms with Crippen molar-refractivity contribution in [2.75, 3.05) is 35.0 Å². The van der Waals surface area contributed by atoms with Gasteiger partial charge in [-0.25, -0.2) is 14.8 Å². The maximum absolute atomic E-state index is 13.5. The van der Waals surface area contributed by atoms with Gasteiger partial charge in [0.15, 0.2) is 23.0 Å². The molecule has 2 heterocycles. The van der Waals surface area contributed by atoms with Gasteiger partial charge in [-0.3, -0.25) is 0 Å². The number of hydrogen-bond donors (Lipinski definition) is 0. The van der Waals surface area contributed by atoms with Gasteiger partial charge in [0.05, 0.1) is 51.8 Å². The smallest absolute Gasteiger partial charge is 0.340 e. The summed E-state index contributed by atoms with van der Waals surface area (Å²) in [5, 5.41) is 0.702. The molecule has 0 saturated carbocycles. The number of pyridine rings is 1. The topological polar surface area (TPSA) is 93.9 Å². The van der Waals surface area contributed by atoms with Crippen LogP contribution in [0.25, 0.3) is 28.1 Å². The number of ether oxygens (including phenoxy) is 5. The first kappa shape index (κ1) is 27.5. The predicted octanol–water partition coefficient (Wildman–Crippen LogP) is 5.49. The van der Waals surface area contributed by atoms with E-state index in [2.05, 4.69) is 4.98 Å². The third-order valence-corrected chi connectivity index (χ3v) is 6.40. The van der Waals surface area contributed by atoms with Crippen LogP contribution in [0.15, 0.2) is 48.8 Å². The summed E-state index contributed by atoms with van der Waals surface area (Å²) in [6.07, 6.45) is 9.00. The van der Waals surface area contributed by atoms with Crippen LogP contribution in [0.4, 0.5) is 0 Å². The SMILES string of the molecule is CCOC(=O)c1c(/C=C/CCc2nccn2C)nc2cc(OC)c(OC)cc2c1-c1ccc(OC)c(OC)c1. The van der Waals surface area contributed by atoms with Crippen molar-refractivity contribution in [1.29, 1.82) is 0 Å². The van der Waals surface area contributed by atoms with Crippen LogP contribution in [0.1, 0.15) is 35.2 Å². The maximum Gasteiger partial charge on any atom is 0.340 e. The molecule has 0 fully saturated rings. The molecule has 0 N–H and O–H groups in total. The lowest BCUT2D eigenvalue weighted by atomic mass is 9.93. The van der Waals surface area contributed by atoms with Crippen molar-refractivity contribution < 1.29 is 28.5 Å². The Morgan fingerprint density at radius 3 is 2.28 bits per heavy atom. The highest BCUT2D eigenvalue weighted by Gasteiger charge is 2.25. The van der Waals surface area contributed by atoms with Crippen LogP contribution < -0.4 is 18.9 Å². The lowest BCUT2D eigenvalue weighted by Crippen LogP contribution is -2.11. The summed E-state index contributed by atoms with van der Waals surface area (Å²) in [5.74, 6) is 2.65. The maximum atomic E-state index is 13.5. The van der Waals surface area contributed by atoms with Crippen molar-refractivity contribution in [3.05, 3.63) is 65.9 Å². The Morgan fingerprint density at radius 1 is 0.949 bits per heavy atom. The van der Waals surface area contributed by atoms with Crippen LogP contribution >= 0.6 is 0 Å². The number of hydrogen-bond acceptors (Lipinski definition) is 8. The zero-order valence-corrected chi connectivity index (χ0v) is 23.1. The second-order valence-electron chi connectivity index (χ2n) is 8.66. The van der Waals surface area contributed by atoms with Gasteiger partial charge in [0, 0.05) is 42.9 Å². The van der Waals surface area contributed by atoms with E-state index in [0.717, 1.165) is 17.8 Å². The van der Waals surface area contributed by atoms with Gasteiger partial charge in [-0.05, 0) is 43.2 Å². The average Bonchev–Trinajstić information content (AvgIpc) is 3.37. The molecule has 39 heavy (non-hydrogen) atoms. The van der Waals surface area contributed by atoms with Gasteiger partial charge in [-0.1, -0.05) is 12.1 Å². The molecule has 0 bridgehead atoms. The van der Waals surface area contributed by atoms with E-state index in [4.69, 9.17) is 28.7 Å².